The number of rotatable bonds is 10. The maximum atomic E-state index is 12.2. The fraction of sp³-hybridized carbons (Fsp3) is 0.176. The number of carbonyl (C=O) groups is 2. The molecule has 2 N–H and O–H groups in total. The Bertz CT molecular complexity index is 1450. The fourth-order valence-corrected chi connectivity index (χ4v) is 4.28. The normalized spacial score (nSPS) is 12.0. The molecule has 0 heterocycles. The van der Waals surface area contributed by atoms with Crippen molar-refractivity contribution < 1.29 is 24.5 Å². The van der Waals surface area contributed by atoms with Crippen molar-refractivity contribution in [3.8, 4) is 17.6 Å². The Kier molecular flexibility index (Phi) is 9.16. The second-order valence-electron chi connectivity index (χ2n) is 9.41. The van der Waals surface area contributed by atoms with Gasteiger partial charge in [0.15, 0.2) is 0 Å². The van der Waals surface area contributed by atoms with Crippen LogP contribution >= 0.6 is 0 Å². The lowest BCUT2D eigenvalue weighted by Gasteiger charge is -2.22. The van der Waals surface area contributed by atoms with Gasteiger partial charge in [-0.1, -0.05) is 84.1 Å². The summed E-state index contributed by atoms with van der Waals surface area (Å²) >= 11 is 0. The van der Waals surface area contributed by atoms with Gasteiger partial charge in [-0.3, -0.25) is 4.79 Å². The molecular formula is C34H30O5. The van der Waals surface area contributed by atoms with Crippen molar-refractivity contribution in [1.29, 1.82) is 0 Å². The third-order valence-electron chi connectivity index (χ3n) is 6.44. The molecule has 4 aromatic rings. The van der Waals surface area contributed by atoms with E-state index in [1.54, 1.807) is 36.4 Å². The van der Waals surface area contributed by atoms with E-state index < -0.39 is 24.0 Å². The third kappa shape index (κ3) is 7.83. The number of benzene rings is 4. The van der Waals surface area contributed by atoms with Gasteiger partial charge in [-0.05, 0) is 79.3 Å². The van der Waals surface area contributed by atoms with Crippen molar-refractivity contribution >= 4 is 11.9 Å². The molecule has 0 aliphatic rings. The Morgan fingerprint density at radius 1 is 0.692 bits per heavy atom. The summed E-state index contributed by atoms with van der Waals surface area (Å²) < 4.78 is 5.70. The Labute approximate surface area is 228 Å². The second-order valence-corrected chi connectivity index (χ2v) is 9.41. The molecule has 0 aliphatic carbocycles. The first-order valence-corrected chi connectivity index (χ1v) is 12.8. The minimum absolute atomic E-state index is 0.256. The zero-order valence-corrected chi connectivity index (χ0v) is 21.7. The second kappa shape index (κ2) is 13.1. The molecule has 4 aromatic carbocycles. The highest BCUT2D eigenvalue weighted by Gasteiger charge is 2.37. The van der Waals surface area contributed by atoms with Crippen LogP contribution in [-0.2, 0) is 22.4 Å². The van der Waals surface area contributed by atoms with Crippen molar-refractivity contribution in [1.82, 2.24) is 0 Å². The van der Waals surface area contributed by atoms with E-state index in [9.17, 15) is 19.8 Å². The Balaban J connectivity index is 1.42. The largest absolute Gasteiger partial charge is 0.481 e. The predicted octanol–water partition coefficient (Wildman–Crippen LogP) is 6.27. The van der Waals surface area contributed by atoms with Gasteiger partial charge in [0.05, 0.1) is 0 Å². The molecule has 2 atom stereocenters. The highest BCUT2D eigenvalue weighted by Crippen LogP contribution is 2.26. The minimum atomic E-state index is -1.60. The number of hydrogen-bond acceptors (Lipinski definition) is 3. The van der Waals surface area contributed by atoms with Gasteiger partial charge < -0.3 is 14.9 Å². The Morgan fingerprint density at radius 3 is 1.77 bits per heavy atom. The van der Waals surface area contributed by atoms with E-state index >= 15 is 0 Å². The SMILES string of the molecule is Cc1ccc(CCCc2ccc(C(C(=O)O)C(Oc3ccc(C#Cc4ccccc4)cc3)C(=O)O)cc2)cc1. The maximum Gasteiger partial charge on any atom is 0.346 e. The van der Waals surface area contributed by atoms with E-state index in [-0.39, 0.29) is 5.75 Å². The molecule has 0 saturated heterocycles. The van der Waals surface area contributed by atoms with Crippen molar-refractivity contribution in [2.75, 3.05) is 0 Å². The van der Waals surface area contributed by atoms with Crippen LogP contribution in [0.1, 0.15) is 45.7 Å². The summed E-state index contributed by atoms with van der Waals surface area (Å²) in [4.78, 5) is 24.3. The number of ether oxygens (including phenoxy) is 1. The van der Waals surface area contributed by atoms with Gasteiger partial charge in [-0.15, -0.1) is 0 Å². The highest BCUT2D eigenvalue weighted by molar-refractivity contribution is 5.86. The van der Waals surface area contributed by atoms with Crippen LogP contribution < -0.4 is 4.74 Å². The molecule has 0 spiro atoms. The average molecular weight is 519 g/mol. The summed E-state index contributed by atoms with van der Waals surface area (Å²) in [6.45, 7) is 2.06. The van der Waals surface area contributed by atoms with Crippen LogP contribution in [0.4, 0.5) is 0 Å². The molecule has 2 unspecified atom stereocenters. The molecule has 39 heavy (non-hydrogen) atoms. The standard InChI is InChI=1S/C34H30O5/c1-24-10-12-26(13-11-24)8-5-9-27-16-20-29(21-17-27)31(33(35)36)32(34(37)38)39-30-22-18-28(19-23-30)15-14-25-6-3-2-4-7-25/h2-4,6-7,10-13,16-23,31-32H,5,8-9H2,1H3,(H,35,36)(H,37,38). The van der Waals surface area contributed by atoms with Gasteiger partial charge in [-0.2, -0.15) is 0 Å². The summed E-state index contributed by atoms with van der Waals surface area (Å²) in [7, 11) is 0. The van der Waals surface area contributed by atoms with Gasteiger partial charge >= 0.3 is 11.9 Å². The zero-order valence-electron chi connectivity index (χ0n) is 21.7. The van der Waals surface area contributed by atoms with Crippen molar-refractivity contribution in [3.05, 3.63) is 137 Å². The van der Waals surface area contributed by atoms with Gasteiger partial charge in [0.1, 0.15) is 11.7 Å². The first-order valence-electron chi connectivity index (χ1n) is 12.8. The van der Waals surface area contributed by atoms with Gasteiger partial charge in [0.2, 0.25) is 6.10 Å². The van der Waals surface area contributed by atoms with Crippen LogP contribution in [0.15, 0.2) is 103 Å². The van der Waals surface area contributed by atoms with Crippen LogP contribution in [0.2, 0.25) is 0 Å². The summed E-state index contributed by atoms with van der Waals surface area (Å²) in [5.41, 5.74) is 5.56. The molecular weight excluding hydrogens is 488 g/mol. The van der Waals surface area contributed by atoms with E-state index in [2.05, 4.69) is 43.0 Å². The van der Waals surface area contributed by atoms with E-state index in [0.717, 1.165) is 36.0 Å². The maximum absolute atomic E-state index is 12.2. The number of carboxylic acids is 2. The van der Waals surface area contributed by atoms with Crippen LogP contribution in [-0.4, -0.2) is 28.3 Å². The lowest BCUT2D eigenvalue weighted by atomic mass is 9.91. The Morgan fingerprint density at radius 2 is 1.23 bits per heavy atom. The Hall–Kier alpha value is -4.82. The first kappa shape index (κ1) is 27.2. The third-order valence-corrected chi connectivity index (χ3v) is 6.44. The summed E-state index contributed by atoms with van der Waals surface area (Å²) in [5.74, 6) is 2.37. The summed E-state index contributed by atoms with van der Waals surface area (Å²) in [6, 6.07) is 31.7. The monoisotopic (exact) mass is 518 g/mol. The molecule has 0 bridgehead atoms. The van der Waals surface area contributed by atoms with Gasteiger partial charge in [-0.25, -0.2) is 4.79 Å². The van der Waals surface area contributed by atoms with E-state index in [1.807, 2.05) is 42.5 Å². The van der Waals surface area contributed by atoms with Crippen LogP contribution in [0.5, 0.6) is 5.75 Å². The number of aliphatic carboxylic acids is 2. The topological polar surface area (TPSA) is 83.8 Å². The molecule has 0 saturated carbocycles. The smallest absolute Gasteiger partial charge is 0.346 e. The number of aryl methyl sites for hydroxylation is 3. The van der Waals surface area contributed by atoms with E-state index in [0.29, 0.717) is 5.56 Å². The molecule has 0 aromatic heterocycles. The van der Waals surface area contributed by atoms with Crippen LogP contribution in [0.25, 0.3) is 0 Å². The van der Waals surface area contributed by atoms with Crippen molar-refractivity contribution in [2.24, 2.45) is 0 Å². The summed E-state index contributed by atoms with van der Waals surface area (Å²) in [6.07, 6.45) is 1.14. The predicted molar refractivity (Wildman–Crippen MR) is 151 cm³/mol. The molecule has 5 heteroatoms. The van der Waals surface area contributed by atoms with Crippen LogP contribution in [0, 0.1) is 18.8 Å². The molecule has 5 nitrogen and oxygen atoms in total. The van der Waals surface area contributed by atoms with E-state index in [4.69, 9.17) is 4.74 Å². The van der Waals surface area contributed by atoms with Gasteiger partial charge in [0.25, 0.3) is 0 Å². The molecule has 0 amide bonds. The summed E-state index contributed by atoms with van der Waals surface area (Å²) in [5, 5.41) is 19.8. The molecule has 0 aliphatic heterocycles. The fourth-order valence-electron chi connectivity index (χ4n) is 4.28. The first-order chi connectivity index (χ1) is 18.9. The molecule has 0 fully saturated rings. The minimum Gasteiger partial charge on any atom is -0.481 e. The quantitative estimate of drug-likeness (QED) is 0.242. The van der Waals surface area contributed by atoms with Crippen LogP contribution in [0.3, 0.4) is 0 Å². The number of carboxylic acid groups (broad SMARTS) is 2. The lowest BCUT2D eigenvalue weighted by molar-refractivity contribution is -0.153. The van der Waals surface area contributed by atoms with Gasteiger partial charge in [0, 0.05) is 11.1 Å². The molecule has 0 radical (unpaired) electrons. The van der Waals surface area contributed by atoms with E-state index in [1.165, 1.54) is 11.1 Å². The highest BCUT2D eigenvalue weighted by atomic mass is 16.5. The van der Waals surface area contributed by atoms with Crippen molar-refractivity contribution in [3.63, 3.8) is 0 Å². The zero-order chi connectivity index (χ0) is 27.6. The molecule has 196 valence electrons. The van der Waals surface area contributed by atoms with Crippen molar-refractivity contribution in [2.45, 2.75) is 38.2 Å². The average Bonchev–Trinajstić information content (AvgIpc) is 2.94. The molecule has 4 rings (SSSR count). The lowest BCUT2D eigenvalue weighted by Crippen LogP contribution is -2.38. The number of hydrogen-bond donors (Lipinski definition) is 2.